The van der Waals surface area contributed by atoms with Gasteiger partial charge in [0, 0.05) is 42.7 Å². The number of nitro benzene ring substituents is 1. The zero-order valence-corrected chi connectivity index (χ0v) is 18.2. The van der Waals surface area contributed by atoms with Crippen LogP contribution in [-0.2, 0) is 13.1 Å². The number of carbonyl (C=O) groups is 1. The largest absolute Gasteiger partial charge is 0.345 e. The lowest BCUT2D eigenvalue weighted by Crippen LogP contribution is -2.32. The molecule has 31 heavy (non-hydrogen) atoms. The van der Waals surface area contributed by atoms with Crippen molar-refractivity contribution in [3.8, 4) is 0 Å². The van der Waals surface area contributed by atoms with Gasteiger partial charge in [-0.1, -0.05) is 55.7 Å². The van der Waals surface area contributed by atoms with E-state index in [0.717, 1.165) is 31.5 Å². The van der Waals surface area contributed by atoms with E-state index in [2.05, 4.69) is 42.7 Å². The molecule has 0 N–H and O–H groups in total. The number of hydrogen-bond donors (Lipinski definition) is 0. The van der Waals surface area contributed by atoms with Crippen LogP contribution in [0.5, 0.6) is 0 Å². The lowest BCUT2D eigenvalue weighted by atomic mass is 10.1. The Morgan fingerprint density at radius 2 is 1.87 bits per heavy atom. The van der Waals surface area contributed by atoms with Crippen molar-refractivity contribution in [3.63, 3.8) is 0 Å². The normalized spacial score (nSPS) is 10.8. The van der Waals surface area contributed by atoms with E-state index in [1.165, 1.54) is 23.3 Å². The molecular formula is C25H29N3O3. The van der Waals surface area contributed by atoms with Crippen molar-refractivity contribution in [1.29, 1.82) is 0 Å². The van der Waals surface area contributed by atoms with Gasteiger partial charge in [0.1, 0.15) is 0 Å². The molecule has 3 rings (SSSR count). The Morgan fingerprint density at radius 1 is 1.06 bits per heavy atom. The topological polar surface area (TPSA) is 68.4 Å². The smallest absolute Gasteiger partial charge is 0.270 e. The fraction of sp³-hybridized carbons (Fsp3) is 0.320. The molecule has 0 fully saturated rings. The van der Waals surface area contributed by atoms with Crippen molar-refractivity contribution in [2.75, 3.05) is 6.54 Å². The maximum atomic E-state index is 13.2. The Balaban J connectivity index is 1.82. The summed E-state index contributed by atoms with van der Waals surface area (Å²) in [5, 5.41) is 11.1. The highest BCUT2D eigenvalue weighted by molar-refractivity contribution is 5.94. The molecule has 2 aromatic carbocycles. The number of aromatic nitrogens is 1. The minimum atomic E-state index is -0.467. The molecule has 0 aliphatic heterocycles. The van der Waals surface area contributed by atoms with E-state index in [1.807, 2.05) is 18.3 Å². The highest BCUT2D eigenvalue weighted by Crippen LogP contribution is 2.18. The molecular weight excluding hydrogens is 390 g/mol. The summed E-state index contributed by atoms with van der Waals surface area (Å²) < 4.78 is 2.16. The van der Waals surface area contributed by atoms with Crippen LogP contribution in [-0.4, -0.2) is 26.8 Å². The van der Waals surface area contributed by atoms with Crippen LogP contribution in [0.25, 0.3) is 0 Å². The first-order chi connectivity index (χ1) is 15.0. The first-order valence-electron chi connectivity index (χ1n) is 10.7. The highest BCUT2D eigenvalue weighted by atomic mass is 16.6. The Bertz CT molecular complexity index is 1040. The average Bonchev–Trinajstić information content (AvgIpc) is 3.19. The summed E-state index contributed by atoms with van der Waals surface area (Å²) in [6.45, 7) is 6.01. The summed E-state index contributed by atoms with van der Waals surface area (Å²) in [5.41, 5.74) is 3.75. The molecule has 3 aromatic rings. The molecule has 0 saturated heterocycles. The van der Waals surface area contributed by atoms with Crippen molar-refractivity contribution >= 4 is 11.6 Å². The second-order valence-electron chi connectivity index (χ2n) is 7.86. The Hall–Kier alpha value is -3.41. The predicted molar refractivity (Wildman–Crippen MR) is 122 cm³/mol. The third-order valence-corrected chi connectivity index (χ3v) is 5.33. The molecule has 1 heterocycles. The van der Waals surface area contributed by atoms with Crippen molar-refractivity contribution in [2.24, 2.45) is 0 Å². The minimum absolute atomic E-state index is 0.0674. The molecule has 6 nitrogen and oxygen atoms in total. The highest BCUT2D eigenvalue weighted by Gasteiger charge is 2.19. The third kappa shape index (κ3) is 6.04. The van der Waals surface area contributed by atoms with Gasteiger partial charge in [-0.3, -0.25) is 14.9 Å². The van der Waals surface area contributed by atoms with E-state index in [1.54, 1.807) is 17.0 Å². The fourth-order valence-corrected chi connectivity index (χ4v) is 3.69. The van der Waals surface area contributed by atoms with Crippen LogP contribution in [0.2, 0.25) is 0 Å². The average molecular weight is 420 g/mol. The van der Waals surface area contributed by atoms with Crippen LogP contribution in [0.15, 0.2) is 66.9 Å². The number of nitrogens with zero attached hydrogens (tertiary/aromatic N) is 3. The number of non-ortho nitro benzene ring substituents is 1. The summed E-state index contributed by atoms with van der Waals surface area (Å²) in [6, 6.07) is 18.4. The second-order valence-corrected chi connectivity index (χ2v) is 7.86. The summed E-state index contributed by atoms with van der Waals surface area (Å²) in [7, 11) is 0. The van der Waals surface area contributed by atoms with Gasteiger partial charge in [-0.25, -0.2) is 0 Å². The van der Waals surface area contributed by atoms with Crippen molar-refractivity contribution < 1.29 is 9.72 Å². The molecule has 0 saturated carbocycles. The molecule has 0 atom stereocenters. The van der Waals surface area contributed by atoms with Gasteiger partial charge in [0.25, 0.3) is 11.6 Å². The first kappa shape index (κ1) is 22.3. The van der Waals surface area contributed by atoms with E-state index in [4.69, 9.17) is 0 Å². The van der Waals surface area contributed by atoms with E-state index in [-0.39, 0.29) is 11.6 Å². The Morgan fingerprint density at radius 3 is 2.61 bits per heavy atom. The van der Waals surface area contributed by atoms with Gasteiger partial charge >= 0.3 is 0 Å². The molecule has 0 aliphatic carbocycles. The van der Waals surface area contributed by atoms with Crippen molar-refractivity contribution in [2.45, 2.75) is 46.2 Å². The van der Waals surface area contributed by atoms with Crippen LogP contribution in [0, 0.1) is 17.0 Å². The maximum absolute atomic E-state index is 13.2. The number of carbonyl (C=O) groups excluding carboxylic acids is 1. The molecule has 6 heteroatoms. The second kappa shape index (κ2) is 10.6. The molecule has 1 aromatic heterocycles. The lowest BCUT2D eigenvalue weighted by Gasteiger charge is -2.24. The predicted octanol–water partition coefficient (Wildman–Crippen LogP) is 5.59. The molecule has 162 valence electrons. The standard InChI is InChI=1S/C25H29N3O3/c1-3-4-5-14-27(25(29)22-11-7-12-23(17-22)28(30)31)19-24-13-8-15-26(24)18-21-10-6-9-20(2)16-21/h6-13,15-17H,3-5,14,18-19H2,1-2H3. The quantitative estimate of drug-likeness (QED) is 0.244. The van der Waals surface area contributed by atoms with Crippen molar-refractivity contribution in [1.82, 2.24) is 9.47 Å². The molecule has 0 bridgehead atoms. The number of benzene rings is 2. The van der Waals surface area contributed by atoms with Crippen LogP contribution in [0.3, 0.4) is 0 Å². The number of hydrogen-bond acceptors (Lipinski definition) is 3. The van der Waals surface area contributed by atoms with Gasteiger partial charge in [-0.05, 0) is 37.1 Å². The van der Waals surface area contributed by atoms with E-state index in [9.17, 15) is 14.9 Å². The van der Waals surface area contributed by atoms with Gasteiger partial charge in [-0.15, -0.1) is 0 Å². The number of amides is 1. The third-order valence-electron chi connectivity index (χ3n) is 5.33. The Labute approximate surface area is 183 Å². The minimum Gasteiger partial charge on any atom is -0.345 e. The summed E-state index contributed by atoms with van der Waals surface area (Å²) in [6.07, 6.45) is 5.01. The summed E-state index contributed by atoms with van der Waals surface area (Å²) >= 11 is 0. The summed E-state index contributed by atoms with van der Waals surface area (Å²) in [4.78, 5) is 25.7. The van der Waals surface area contributed by atoms with Gasteiger partial charge < -0.3 is 9.47 Å². The van der Waals surface area contributed by atoms with Gasteiger partial charge in [0.2, 0.25) is 0 Å². The SMILES string of the molecule is CCCCCN(Cc1cccn1Cc1cccc(C)c1)C(=O)c1cccc([N+](=O)[O-])c1. The maximum Gasteiger partial charge on any atom is 0.270 e. The fourth-order valence-electron chi connectivity index (χ4n) is 3.69. The number of nitro groups is 1. The molecule has 0 aliphatic rings. The zero-order valence-electron chi connectivity index (χ0n) is 18.2. The van der Waals surface area contributed by atoms with Gasteiger partial charge in [0.05, 0.1) is 11.5 Å². The van der Waals surface area contributed by atoms with Crippen LogP contribution >= 0.6 is 0 Å². The molecule has 0 radical (unpaired) electrons. The number of unbranched alkanes of at least 4 members (excludes halogenated alkanes) is 2. The van der Waals surface area contributed by atoms with Crippen LogP contribution < -0.4 is 0 Å². The number of rotatable bonds is 10. The number of aryl methyl sites for hydroxylation is 1. The van der Waals surface area contributed by atoms with E-state index >= 15 is 0 Å². The summed E-state index contributed by atoms with van der Waals surface area (Å²) in [5.74, 6) is -0.178. The zero-order chi connectivity index (χ0) is 22.2. The molecule has 0 unspecified atom stereocenters. The van der Waals surface area contributed by atoms with Crippen molar-refractivity contribution in [3.05, 3.63) is 99.4 Å². The van der Waals surface area contributed by atoms with E-state index < -0.39 is 4.92 Å². The first-order valence-corrected chi connectivity index (χ1v) is 10.7. The van der Waals surface area contributed by atoms with E-state index in [0.29, 0.717) is 18.7 Å². The van der Waals surface area contributed by atoms with Gasteiger partial charge in [-0.2, -0.15) is 0 Å². The molecule has 0 spiro atoms. The molecule has 1 amide bonds. The Kier molecular flexibility index (Phi) is 7.60. The van der Waals surface area contributed by atoms with Crippen LogP contribution in [0.4, 0.5) is 5.69 Å². The lowest BCUT2D eigenvalue weighted by molar-refractivity contribution is -0.384. The van der Waals surface area contributed by atoms with Crippen LogP contribution in [0.1, 0.15) is 53.4 Å². The monoisotopic (exact) mass is 419 g/mol. The van der Waals surface area contributed by atoms with Gasteiger partial charge in [0.15, 0.2) is 0 Å².